The van der Waals surface area contributed by atoms with Crippen molar-refractivity contribution < 1.29 is 4.74 Å². The predicted octanol–water partition coefficient (Wildman–Crippen LogP) is 3.24. The molecule has 0 radical (unpaired) electrons. The van der Waals surface area contributed by atoms with E-state index < -0.39 is 0 Å². The Morgan fingerprint density at radius 1 is 1.55 bits per heavy atom. The molecule has 0 fully saturated rings. The predicted molar refractivity (Wildman–Crippen MR) is 49.5 cm³/mol. The van der Waals surface area contributed by atoms with E-state index in [9.17, 15) is 0 Å². The fraction of sp³-hybridized carbons (Fsp3) is 0.556. The molecule has 0 aliphatic carbocycles. The summed E-state index contributed by atoms with van der Waals surface area (Å²) in [4.78, 5) is 0. The lowest BCUT2D eigenvalue weighted by molar-refractivity contribution is 0.316. The van der Waals surface area contributed by atoms with Crippen molar-refractivity contribution in [3.05, 3.63) is 17.0 Å². The smallest absolute Gasteiger partial charge is 0.176 e. The van der Waals surface area contributed by atoms with Gasteiger partial charge in [0.15, 0.2) is 5.06 Å². The fourth-order valence-electron chi connectivity index (χ4n) is 0.816. The molecule has 0 N–H and O–H groups in total. The van der Waals surface area contributed by atoms with Gasteiger partial charge in [-0.3, -0.25) is 0 Å². The first-order valence-electron chi connectivity index (χ1n) is 4.01. The van der Waals surface area contributed by atoms with E-state index in [0.717, 1.165) is 18.1 Å². The number of aryl methyl sites for hydroxylation is 1. The summed E-state index contributed by atoms with van der Waals surface area (Å²) < 4.78 is 5.54. The zero-order valence-corrected chi connectivity index (χ0v) is 7.91. The summed E-state index contributed by atoms with van der Waals surface area (Å²) in [5.41, 5.74) is 1.26. The Morgan fingerprint density at radius 2 is 2.36 bits per heavy atom. The Labute approximate surface area is 72.0 Å². The molecular formula is C9H14OS. The van der Waals surface area contributed by atoms with Crippen molar-refractivity contribution in [1.82, 2.24) is 0 Å². The maximum atomic E-state index is 5.54. The van der Waals surface area contributed by atoms with Crippen molar-refractivity contribution in [1.29, 1.82) is 0 Å². The second-order valence-corrected chi connectivity index (χ2v) is 3.47. The Kier molecular flexibility index (Phi) is 3.43. The van der Waals surface area contributed by atoms with Crippen molar-refractivity contribution in [2.24, 2.45) is 0 Å². The van der Waals surface area contributed by atoms with E-state index in [4.69, 9.17) is 4.74 Å². The molecule has 1 aromatic rings. The third kappa shape index (κ3) is 2.54. The van der Waals surface area contributed by atoms with Gasteiger partial charge in [-0.05, 0) is 24.8 Å². The zero-order chi connectivity index (χ0) is 8.10. The highest BCUT2D eigenvalue weighted by Gasteiger charge is 1.98. The summed E-state index contributed by atoms with van der Waals surface area (Å²) >= 11 is 1.68. The van der Waals surface area contributed by atoms with Gasteiger partial charge in [-0.1, -0.05) is 13.3 Å². The van der Waals surface area contributed by atoms with Crippen molar-refractivity contribution in [2.75, 3.05) is 6.61 Å². The molecule has 2 heteroatoms. The van der Waals surface area contributed by atoms with Crippen LogP contribution in [0.2, 0.25) is 0 Å². The van der Waals surface area contributed by atoms with E-state index in [-0.39, 0.29) is 0 Å². The largest absolute Gasteiger partial charge is 0.484 e. The highest BCUT2D eigenvalue weighted by atomic mass is 32.1. The maximum absolute atomic E-state index is 5.54. The van der Waals surface area contributed by atoms with Crippen molar-refractivity contribution in [2.45, 2.75) is 26.7 Å². The van der Waals surface area contributed by atoms with E-state index in [1.807, 2.05) is 0 Å². The van der Waals surface area contributed by atoms with Crippen LogP contribution in [0.5, 0.6) is 5.06 Å². The second-order valence-electron chi connectivity index (χ2n) is 2.59. The van der Waals surface area contributed by atoms with Crippen LogP contribution >= 0.6 is 11.3 Å². The maximum Gasteiger partial charge on any atom is 0.176 e. The van der Waals surface area contributed by atoms with E-state index in [1.165, 1.54) is 12.0 Å². The minimum atomic E-state index is 0.859. The monoisotopic (exact) mass is 170 g/mol. The standard InChI is InChI=1S/C9H14OS/c1-3-4-6-10-9-8(2)5-7-11-9/h5,7H,3-4,6H2,1-2H3. The first-order valence-corrected chi connectivity index (χ1v) is 4.89. The normalized spacial score (nSPS) is 10.0. The Morgan fingerprint density at radius 3 is 2.91 bits per heavy atom. The average Bonchev–Trinajstić information content (AvgIpc) is 2.37. The van der Waals surface area contributed by atoms with Gasteiger partial charge in [0.05, 0.1) is 6.61 Å². The molecular weight excluding hydrogens is 156 g/mol. The van der Waals surface area contributed by atoms with Crippen LogP contribution in [0.4, 0.5) is 0 Å². The average molecular weight is 170 g/mol. The molecule has 1 rings (SSSR count). The van der Waals surface area contributed by atoms with E-state index in [2.05, 4.69) is 25.3 Å². The van der Waals surface area contributed by atoms with Crippen molar-refractivity contribution in [3.8, 4) is 5.06 Å². The second kappa shape index (κ2) is 4.39. The van der Waals surface area contributed by atoms with E-state index >= 15 is 0 Å². The first kappa shape index (κ1) is 8.60. The van der Waals surface area contributed by atoms with Crippen LogP contribution in [0.1, 0.15) is 25.3 Å². The van der Waals surface area contributed by atoms with Gasteiger partial charge in [0.2, 0.25) is 0 Å². The van der Waals surface area contributed by atoms with Crippen LogP contribution in [0, 0.1) is 6.92 Å². The van der Waals surface area contributed by atoms with Gasteiger partial charge in [0.1, 0.15) is 0 Å². The van der Waals surface area contributed by atoms with E-state index in [0.29, 0.717) is 0 Å². The molecule has 0 aliphatic heterocycles. The summed E-state index contributed by atoms with van der Waals surface area (Å²) in [7, 11) is 0. The van der Waals surface area contributed by atoms with Gasteiger partial charge < -0.3 is 4.74 Å². The highest BCUT2D eigenvalue weighted by Crippen LogP contribution is 2.24. The molecule has 0 spiro atoms. The Bertz CT molecular complexity index is 205. The Balaban J connectivity index is 2.32. The molecule has 0 bridgehead atoms. The van der Waals surface area contributed by atoms with Crippen molar-refractivity contribution >= 4 is 11.3 Å². The lowest BCUT2D eigenvalue weighted by Gasteiger charge is -2.02. The number of rotatable bonds is 4. The lowest BCUT2D eigenvalue weighted by atomic mass is 10.3. The van der Waals surface area contributed by atoms with Crippen LogP contribution in [0.3, 0.4) is 0 Å². The molecule has 1 nitrogen and oxygen atoms in total. The number of hydrogen-bond acceptors (Lipinski definition) is 2. The molecule has 0 saturated heterocycles. The van der Waals surface area contributed by atoms with Gasteiger partial charge in [-0.2, -0.15) is 0 Å². The summed E-state index contributed by atoms with van der Waals surface area (Å²) in [5.74, 6) is 0. The van der Waals surface area contributed by atoms with Gasteiger partial charge >= 0.3 is 0 Å². The van der Waals surface area contributed by atoms with Gasteiger partial charge in [-0.25, -0.2) is 0 Å². The van der Waals surface area contributed by atoms with Crippen molar-refractivity contribution in [3.63, 3.8) is 0 Å². The number of hydrogen-bond donors (Lipinski definition) is 0. The van der Waals surface area contributed by atoms with Crippen LogP contribution in [0.15, 0.2) is 11.4 Å². The molecule has 0 aromatic carbocycles. The van der Waals surface area contributed by atoms with Gasteiger partial charge in [0, 0.05) is 5.56 Å². The molecule has 0 amide bonds. The molecule has 62 valence electrons. The van der Waals surface area contributed by atoms with Crippen LogP contribution in [0.25, 0.3) is 0 Å². The number of thiophene rings is 1. The molecule has 11 heavy (non-hydrogen) atoms. The minimum absolute atomic E-state index is 0.859. The van der Waals surface area contributed by atoms with Gasteiger partial charge in [-0.15, -0.1) is 11.3 Å². The first-order chi connectivity index (χ1) is 5.34. The summed E-state index contributed by atoms with van der Waals surface area (Å²) in [6.45, 7) is 5.11. The molecule has 0 atom stereocenters. The van der Waals surface area contributed by atoms with Crippen LogP contribution in [-0.4, -0.2) is 6.61 Å². The molecule has 0 saturated carbocycles. The molecule has 0 aliphatic rings. The third-order valence-electron chi connectivity index (χ3n) is 1.55. The number of unbranched alkanes of at least 4 members (excludes halogenated alkanes) is 1. The Hall–Kier alpha value is -0.500. The fourth-order valence-corrected chi connectivity index (χ4v) is 1.62. The SMILES string of the molecule is CCCCOc1sccc1C. The third-order valence-corrected chi connectivity index (χ3v) is 2.47. The van der Waals surface area contributed by atoms with Crippen LogP contribution < -0.4 is 4.74 Å². The number of ether oxygens (including phenoxy) is 1. The lowest BCUT2D eigenvalue weighted by Crippen LogP contribution is -1.95. The highest BCUT2D eigenvalue weighted by molar-refractivity contribution is 7.12. The molecule has 0 unspecified atom stereocenters. The molecule has 1 heterocycles. The van der Waals surface area contributed by atoms with E-state index in [1.54, 1.807) is 11.3 Å². The van der Waals surface area contributed by atoms with Gasteiger partial charge in [0.25, 0.3) is 0 Å². The summed E-state index contributed by atoms with van der Waals surface area (Å²) in [5, 5.41) is 3.15. The topological polar surface area (TPSA) is 9.23 Å². The zero-order valence-electron chi connectivity index (χ0n) is 7.09. The summed E-state index contributed by atoms with van der Waals surface area (Å²) in [6, 6.07) is 2.09. The molecule has 1 aromatic heterocycles. The van der Waals surface area contributed by atoms with Crippen LogP contribution in [-0.2, 0) is 0 Å². The minimum Gasteiger partial charge on any atom is -0.484 e. The quantitative estimate of drug-likeness (QED) is 0.630. The summed E-state index contributed by atoms with van der Waals surface area (Å²) in [6.07, 6.45) is 2.35.